The van der Waals surface area contributed by atoms with Crippen LogP contribution >= 0.6 is 11.6 Å². The number of benzene rings is 2. The van der Waals surface area contributed by atoms with Crippen molar-refractivity contribution in [1.82, 2.24) is 9.97 Å². The topological polar surface area (TPSA) is 46.0 Å². The van der Waals surface area contributed by atoms with Crippen LogP contribution in [-0.2, 0) is 0 Å². The molecule has 0 aliphatic carbocycles. The zero-order valence-corrected chi connectivity index (χ0v) is 10.1. The molecule has 0 spiro atoms. The Morgan fingerprint density at radius 1 is 1.00 bits per heavy atom. The molecule has 0 unspecified atom stereocenters. The molecule has 0 fully saturated rings. The number of phenols is 1. The van der Waals surface area contributed by atoms with E-state index < -0.39 is 0 Å². The van der Waals surface area contributed by atoms with E-state index in [9.17, 15) is 5.11 Å². The molecule has 0 atom stereocenters. The molecule has 1 aromatic heterocycles. The summed E-state index contributed by atoms with van der Waals surface area (Å²) in [6.45, 7) is 0. The SMILES string of the molecule is Oc1cc2ccccc2cc1-c1ccnc(Cl)n1. The number of aromatic hydroxyl groups is 1. The lowest BCUT2D eigenvalue weighted by Crippen LogP contribution is -1.87. The van der Waals surface area contributed by atoms with Gasteiger partial charge in [-0.3, -0.25) is 0 Å². The highest BCUT2D eigenvalue weighted by Crippen LogP contribution is 2.32. The largest absolute Gasteiger partial charge is 0.507 e. The molecule has 2 aromatic carbocycles. The molecule has 0 amide bonds. The average Bonchev–Trinajstić information content (AvgIpc) is 2.38. The Morgan fingerprint density at radius 2 is 1.72 bits per heavy atom. The Balaban J connectivity index is 2.26. The van der Waals surface area contributed by atoms with Gasteiger partial charge in [0.05, 0.1) is 5.69 Å². The fraction of sp³-hybridized carbons (Fsp3) is 0. The second-order valence-corrected chi connectivity index (χ2v) is 4.27. The molecule has 0 aliphatic heterocycles. The van der Waals surface area contributed by atoms with Crippen LogP contribution in [0.25, 0.3) is 22.0 Å². The highest BCUT2D eigenvalue weighted by atomic mass is 35.5. The normalized spacial score (nSPS) is 10.7. The zero-order valence-electron chi connectivity index (χ0n) is 9.34. The summed E-state index contributed by atoms with van der Waals surface area (Å²) >= 11 is 5.76. The van der Waals surface area contributed by atoms with Crippen molar-refractivity contribution in [2.24, 2.45) is 0 Å². The highest BCUT2D eigenvalue weighted by Gasteiger charge is 2.08. The summed E-state index contributed by atoms with van der Waals surface area (Å²) in [7, 11) is 0. The first-order valence-corrected chi connectivity index (χ1v) is 5.82. The Hall–Kier alpha value is -2.13. The van der Waals surface area contributed by atoms with E-state index in [0.717, 1.165) is 10.8 Å². The van der Waals surface area contributed by atoms with Gasteiger partial charge in [0.2, 0.25) is 5.28 Å². The number of hydrogen-bond donors (Lipinski definition) is 1. The second kappa shape index (κ2) is 4.27. The highest BCUT2D eigenvalue weighted by molar-refractivity contribution is 6.28. The summed E-state index contributed by atoms with van der Waals surface area (Å²) in [6, 6.07) is 13.2. The molecule has 3 rings (SSSR count). The van der Waals surface area contributed by atoms with Gasteiger partial charge in [-0.1, -0.05) is 24.3 Å². The molecule has 0 radical (unpaired) electrons. The zero-order chi connectivity index (χ0) is 12.5. The predicted molar refractivity (Wildman–Crippen MR) is 71.6 cm³/mol. The van der Waals surface area contributed by atoms with Gasteiger partial charge in [-0.15, -0.1) is 0 Å². The molecule has 3 aromatic rings. The van der Waals surface area contributed by atoms with Crippen molar-refractivity contribution in [2.75, 3.05) is 0 Å². The lowest BCUT2D eigenvalue weighted by atomic mass is 10.0. The summed E-state index contributed by atoms with van der Waals surface area (Å²) in [5, 5.41) is 12.2. The number of halogens is 1. The minimum atomic E-state index is 0.167. The van der Waals surface area contributed by atoms with Gasteiger partial charge in [-0.25, -0.2) is 9.97 Å². The number of hydrogen-bond acceptors (Lipinski definition) is 3. The number of nitrogens with zero attached hydrogens (tertiary/aromatic N) is 2. The third-order valence-electron chi connectivity index (χ3n) is 2.77. The Labute approximate surface area is 109 Å². The fourth-order valence-electron chi connectivity index (χ4n) is 1.92. The monoisotopic (exact) mass is 256 g/mol. The number of fused-ring (bicyclic) bond motifs is 1. The van der Waals surface area contributed by atoms with Crippen LogP contribution in [-0.4, -0.2) is 15.1 Å². The molecule has 4 heteroatoms. The maximum absolute atomic E-state index is 10.0. The maximum Gasteiger partial charge on any atom is 0.222 e. The molecular formula is C14H9ClN2O. The molecule has 3 nitrogen and oxygen atoms in total. The van der Waals surface area contributed by atoms with Crippen LogP contribution in [0.1, 0.15) is 0 Å². The minimum Gasteiger partial charge on any atom is -0.507 e. The molecule has 1 heterocycles. The standard InChI is InChI=1S/C14H9ClN2O/c15-14-16-6-5-12(17-14)11-7-9-3-1-2-4-10(9)8-13(11)18/h1-8,18H. The van der Waals surface area contributed by atoms with E-state index in [2.05, 4.69) is 9.97 Å². The van der Waals surface area contributed by atoms with E-state index in [1.54, 1.807) is 18.3 Å². The summed E-state index contributed by atoms with van der Waals surface area (Å²) < 4.78 is 0. The van der Waals surface area contributed by atoms with Gasteiger partial charge in [0.1, 0.15) is 5.75 Å². The Bertz CT molecular complexity index is 728. The molecule has 0 saturated carbocycles. The summed E-state index contributed by atoms with van der Waals surface area (Å²) in [5.74, 6) is 0.184. The van der Waals surface area contributed by atoms with Crippen LogP contribution in [0, 0.1) is 0 Å². The maximum atomic E-state index is 10.0. The molecule has 0 aliphatic rings. The Kier molecular flexibility index (Phi) is 2.61. The van der Waals surface area contributed by atoms with Gasteiger partial charge in [-0.2, -0.15) is 0 Å². The summed E-state index contributed by atoms with van der Waals surface area (Å²) in [6.07, 6.45) is 1.57. The molecule has 0 saturated heterocycles. The predicted octanol–water partition coefficient (Wildman–Crippen LogP) is 3.66. The smallest absolute Gasteiger partial charge is 0.222 e. The van der Waals surface area contributed by atoms with E-state index in [1.165, 1.54) is 0 Å². The molecule has 1 N–H and O–H groups in total. The fourth-order valence-corrected chi connectivity index (χ4v) is 2.07. The van der Waals surface area contributed by atoms with Crippen molar-refractivity contribution in [3.8, 4) is 17.0 Å². The van der Waals surface area contributed by atoms with Crippen LogP contribution in [0.4, 0.5) is 0 Å². The van der Waals surface area contributed by atoms with E-state index in [4.69, 9.17) is 11.6 Å². The van der Waals surface area contributed by atoms with E-state index in [0.29, 0.717) is 11.3 Å². The van der Waals surface area contributed by atoms with Gasteiger partial charge in [-0.05, 0) is 40.6 Å². The molecule has 18 heavy (non-hydrogen) atoms. The van der Waals surface area contributed by atoms with Crippen LogP contribution in [0.5, 0.6) is 5.75 Å². The lowest BCUT2D eigenvalue weighted by Gasteiger charge is -2.06. The number of rotatable bonds is 1. The second-order valence-electron chi connectivity index (χ2n) is 3.93. The van der Waals surface area contributed by atoms with E-state index in [-0.39, 0.29) is 11.0 Å². The van der Waals surface area contributed by atoms with Gasteiger partial charge in [0, 0.05) is 11.8 Å². The first-order valence-electron chi connectivity index (χ1n) is 5.45. The van der Waals surface area contributed by atoms with Gasteiger partial charge in [0.25, 0.3) is 0 Å². The van der Waals surface area contributed by atoms with Crippen molar-refractivity contribution < 1.29 is 5.11 Å². The first kappa shape index (κ1) is 11.0. The third kappa shape index (κ3) is 1.89. The van der Waals surface area contributed by atoms with Crippen molar-refractivity contribution >= 4 is 22.4 Å². The number of aromatic nitrogens is 2. The first-order chi connectivity index (χ1) is 8.74. The number of phenolic OH excluding ortho intramolecular Hbond substituents is 1. The molecule has 0 bridgehead atoms. The van der Waals surface area contributed by atoms with Crippen LogP contribution in [0.15, 0.2) is 48.7 Å². The Morgan fingerprint density at radius 3 is 2.44 bits per heavy atom. The van der Waals surface area contributed by atoms with Crippen LogP contribution in [0.3, 0.4) is 0 Å². The van der Waals surface area contributed by atoms with Crippen molar-refractivity contribution in [3.05, 3.63) is 53.9 Å². The van der Waals surface area contributed by atoms with Gasteiger partial charge in [0.15, 0.2) is 0 Å². The van der Waals surface area contributed by atoms with Crippen molar-refractivity contribution in [1.29, 1.82) is 0 Å². The lowest BCUT2D eigenvalue weighted by molar-refractivity contribution is 0.478. The van der Waals surface area contributed by atoms with Crippen molar-refractivity contribution in [2.45, 2.75) is 0 Å². The molecule has 88 valence electrons. The summed E-state index contributed by atoms with van der Waals surface area (Å²) in [4.78, 5) is 7.94. The molecular weight excluding hydrogens is 248 g/mol. The third-order valence-corrected chi connectivity index (χ3v) is 2.95. The van der Waals surface area contributed by atoms with E-state index >= 15 is 0 Å². The van der Waals surface area contributed by atoms with Crippen LogP contribution < -0.4 is 0 Å². The average molecular weight is 257 g/mol. The van der Waals surface area contributed by atoms with Crippen LogP contribution in [0.2, 0.25) is 5.28 Å². The van der Waals surface area contributed by atoms with Crippen molar-refractivity contribution in [3.63, 3.8) is 0 Å². The quantitative estimate of drug-likeness (QED) is 0.676. The van der Waals surface area contributed by atoms with E-state index in [1.807, 2.05) is 30.3 Å². The summed E-state index contributed by atoms with van der Waals surface area (Å²) in [5.41, 5.74) is 1.26. The van der Waals surface area contributed by atoms with Gasteiger partial charge < -0.3 is 5.11 Å². The minimum absolute atomic E-state index is 0.167. The van der Waals surface area contributed by atoms with Gasteiger partial charge >= 0.3 is 0 Å².